The summed E-state index contributed by atoms with van der Waals surface area (Å²) in [6, 6.07) is 8.24. The molecule has 1 N–H and O–H groups in total. The molecule has 0 spiro atoms. The Morgan fingerprint density at radius 1 is 1.30 bits per heavy atom. The zero-order valence-electron chi connectivity index (χ0n) is 20.0. The third-order valence-electron chi connectivity index (χ3n) is 5.47. The highest BCUT2D eigenvalue weighted by Gasteiger charge is 2.34. The number of carbonyl (C=O) groups is 1. The predicted molar refractivity (Wildman–Crippen MR) is 128 cm³/mol. The standard InChI is InChI=1S/C24H32N6O3/c1-16-7-6-8-18(11-16)12-25-28-22-26-20-14-29(23(31)33-24(3,4)5)13-19(20)21(27-22)30-9-10-32-15-17(30)2/h6-8,11-12,17H,9-10,13-15H2,1-5H3,(H,26,27,28)/b25-12+/t17-/m0/s1. The molecule has 3 heterocycles. The van der Waals surface area contributed by atoms with Crippen molar-refractivity contribution in [1.82, 2.24) is 14.9 Å². The van der Waals surface area contributed by atoms with Crippen molar-refractivity contribution in [2.45, 2.75) is 59.4 Å². The maximum absolute atomic E-state index is 12.7. The zero-order valence-corrected chi connectivity index (χ0v) is 20.0. The molecule has 2 aliphatic rings. The summed E-state index contributed by atoms with van der Waals surface area (Å²) in [5, 5.41) is 4.34. The second-order valence-electron chi connectivity index (χ2n) is 9.53. The molecule has 0 aliphatic carbocycles. The molecule has 9 nitrogen and oxygen atoms in total. The number of nitrogens with zero attached hydrogens (tertiary/aromatic N) is 5. The normalized spacial score (nSPS) is 18.5. The maximum atomic E-state index is 12.7. The quantitative estimate of drug-likeness (QED) is 0.558. The Balaban J connectivity index is 1.60. The molecule has 0 bridgehead atoms. The first-order chi connectivity index (χ1) is 15.7. The van der Waals surface area contributed by atoms with Crippen LogP contribution < -0.4 is 10.3 Å². The van der Waals surface area contributed by atoms with E-state index in [-0.39, 0.29) is 12.1 Å². The Bertz CT molecular complexity index is 1050. The summed E-state index contributed by atoms with van der Waals surface area (Å²) in [6.45, 7) is 12.5. The van der Waals surface area contributed by atoms with Gasteiger partial charge in [0.1, 0.15) is 11.4 Å². The number of hydrazone groups is 1. The van der Waals surface area contributed by atoms with Crippen molar-refractivity contribution >= 4 is 24.1 Å². The number of ether oxygens (including phenoxy) is 2. The van der Waals surface area contributed by atoms with Crippen LogP contribution in [0.5, 0.6) is 0 Å². The molecule has 2 aromatic rings. The SMILES string of the molecule is Cc1cccc(/C=N/Nc2nc3c(c(N4CCOC[C@@H]4C)n2)CN(C(=O)OC(C)(C)C)C3)c1. The van der Waals surface area contributed by atoms with Gasteiger partial charge in [0, 0.05) is 12.1 Å². The minimum Gasteiger partial charge on any atom is -0.444 e. The van der Waals surface area contributed by atoms with Gasteiger partial charge in [0.05, 0.1) is 44.3 Å². The second kappa shape index (κ2) is 9.35. The molecule has 33 heavy (non-hydrogen) atoms. The van der Waals surface area contributed by atoms with E-state index in [0.29, 0.717) is 32.3 Å². The summed E-state index contributed by atoms with van der Waals surface area (Å²) in [4.78, 5) is 26.1. The van der Waals surface area contributed by atoms with Crippen molar-refractivity contribution in [2.75, 3.05) is 30.1 Å². The van der Waals surface area contributed by atoms with Crippen LogP contribution in [0.15, 0.2) is 29.4 Å². The fourth-order valence-corrected chi connectivity index (χ4v) is 3.94. The molecule has 1 atom stereocenters. The van der Waals surface area contributed by atoms with Crippen LogP contribution in [0.4, 0.5) is 16.6 Å². The van der Waals surface area contributed by atoms with E-state index in [9.17, 15) is 4.79 Å². The number of benzene rings is 1. The van der Waals surface area contributed by atoms with E-state index in [1.54, 1.807) is 11.1 Å². The highest BCUT2D eigenvalue weighted by atomic mass is 16.6. The van der Waals surface area contributed by atoms with E-state index >= 15 is 0 Å². The number of amides is 1. The van der Waals surface area contributed by atoms with E-state index < -0.39 is 5.60 Å². The van der Waals surface area contributed by atoms with Crippen LogP contribution in [0.1, 0.15) is 50.1 Å². The van der Waals surface area contributed by atoms with Crippen LogP contribution in [0, 0.1) is 6.92 Å². The molecule has 0 saturated carbocycles. The summed E-state index contributed by atoms with van der Waals surface area (Å²) in [7, 11) is 0. The molecule has 1 saturated heterocycles. The maximum Gasteiger partial charge on any atom is 0.410 e. The van der Waals surface area contributed by atoms with Crippen molar-refractivity contribution in [3.63, 3.8) is 0 Å². The molecule has 0 radical (unpaired) electrons. The van der Waals surface area contributed by atoms with Gasteiger partial charge in [-0.1, -0.05) is 29.8 Å². The molecule has 1 fully saturated rings. The Hall–Kier alpha value is -3.20. The number of hydrogen-bond donors (Lipinski definition) is 1. The van der Waals surface area contributed by atoms with Crippen LogP contribution in [-0.4, -0.2) is 58.6 Å². The molecule has 1 amide bonds. The molecule has 2 aliphatic heterocycles. The number of anilines is 2. The Morgan fingerprint density at radius 3 is 2.85 bits per heavy atom. The van der Waals surface area contributed by atoms with Crippen LogP contribution in [0.25, 0.3) is 0 Å². The number of rotatable bonds is 4. The second-order valence-corrected chi connectivity index (χ2v) is 9.53. The van der Waals surface area contributed by atoms with Gasteiger partial charge in [-0.15, -0.1) is 0 Å². The van der Waals surface area contributed by atoms with E-state index in [0.717, 1.165) is 29.2 Å². The number of morpholine rings is 1. The molecule has 0 unspecified atom stereocenters. The van der Waals surface area contributed by atoms with Crippen molar-refractivity contribution in [1.29, 1.82) is 0 Å². The van der Waals surface area contributed by atoms with Gasteiger partial charge in [-0.25, -0.2) is 15.2 Å². The van der Waals surface area contributed by atoms with E-state index in [4.69, 9.17) is 14.5 Å². The lowest BCUT2D eigenvalue weighted by molar-refractivity contribution is 0.0240. The van der Waals surface area contributed by atoms with Gasteiger partial charge < -0.3 is 14.4 Å². The van der Waals surface area contributed by atoms with Crippen LogP contribution in [0.2, 0.25) is 0 Å². The first-order valence-electron chi connectivity index (χ1n) is 11.3. The lowest BCUT2D eigenvalue weighted by Gasteiger charge is -2.35. The molecular weight excluding hydrogens is 420 g/mol. The van der Waals surface area contributed by atoms with E-state index in [2.05, 4.69) is 27.3 Å². The highest BCUT2D eigenvalue weighted by molar-refractivity contribution is 5.80. The van der Waals surface area contributed by atoms with Crippen LogP contribution in [-0.2, 0) is 22.6 Å². The number of aromatic nitrogens is 2. The molecular formula is C24H32N6O3. The summed E-state index contributed by atoms with van der Waals surface area (Å²) in [5.74, 6) is 1.22. The van der Waals surface area contributed by atoms with Gasteiger partial charge in [0.25, 0.3) is 0 Å². The van der Waals surface area contributed by atoms with Crippen molar-refractivity contribution < 1.29 is 14.3 Å². The zero-order chi connectivity index (χ0) is 23.6. The third kappa shape index (κ3) is 5.60. The predicted octanol–water partition coefficient (Wildman–Crippen LogP) is 3.71. The highest BCUT2D eigenvalue weighted by Crippen LogP contribution is 2.33. The fourth-order valence-electron chi connectivity index (χ4n) is 3.94. The molecule has 9 heteroatoms. The topological polar surface area (TPSA) is 92.2 Å². The van der Waals surface area contributed by atoms with Gasteiger partial charge in [-0.05, 0) is 40.2 Å². The molecule has 1 aromatic carbocycles. The number of aryl methyl sites for hydroxylation is 1. The number of fused-ring (bicyclic) bond motifs is 1. The lowest BCUT2D eigenvalue weighted by atomic mass is 10.2. The largest absolute Gasteiger partial charge is 0.444 e. The van der Waals surface area contributed by atoms with Crippen LogP contribution >= 0.6 is 0 Å². The van der Waals surface area contributed by atoms with Gasteiger partial charge in [-0.3, -0.25) is 4.90 Å². The Kier molecular flexibility index (Phi) is 6.51. The fraction of sp³-hybridized carbons (Fsp3) is 0.500. The average Bonchev–Trinajstić information content (AvgIpc) is 3.17. The minimum atomic E-state index is -0.559. The smallest absolute Gasteiger partial charge is 0.410 e. The Labute approximate surface area is 194 Å². The van der Waals surface area contributed by atoms with Crippen molar-refractivity contribution in [3.8, 4) is 0 Å². The molecule has 1 aromatic heterocycles. The summed E-state index contributed by atoms with van der Waals surface area (Å²) in [6.07, 6.45) is 1.39. The number of carbonyl (C=O) groups excluding carboxylic acids is 1. The van der Waals surface area contributed by atoms with Crippen molar-refractivity contribution in [3.05, 3.63) is 46.6 Å². The van der Waals surface area contributed by atoms with E-state index in [1.807, 2.05) is 52.0 Å². The number of hydrogen-bond acceptors (Lipinski definition) is 8. The average molecular weight is 453 g/mol. The molecule has 4 rings (SSSR count). The first-order valence-corrected chi connectivity index (χ1v) is 11.3. The number of nitrogens with one attached hydrogen (secondary N) is 1. The first kappa shape index (κ1) is 23.0. The van der Waals surface area contributed by atoms with Gasteiger partial charge in [0.2, 0.25) is 5.95 Å². The van der Waals surface area contributed by atoms with Gasteiger partial charge in [0.15, 0.2) is 0 Å². The van der Waals surface area contributed by atoms with Gasteiger partial charge >= 0.3 is 6.09 Å². The Morgan fingerprint density at radius 2 is 2.12 bits per heavy atom. The third-order valence-corrected chi connectivity index (χ3v) is 5.47. The van der Waals surface area contributed by atoms with Crippen molar-refractivity contribution in [2.24, 2.45) is 5.10 Å². The summed E-state index contributed by atoms with van der Waals surface area (Å²) >= 11 is 0. The lowest BCUT2D eigenvalue weighted by Crippen LogP contribution is -2.44. The van der Waals surface area contributed by atoms with Crippen LogP contribution in [0.3, 0.4) is 0 Å². The monoisotopic (exact) mass is 452 g/mol. The van der Waals surface area contributed by atoms with Gasteiger partial charge in [-0.2, -0.15) is 10.1 Å². The minimum absolute atomic E-state index is 0.164. The van der Waals surface area contributed by atoms with E-state index in [1.165, 1.54) is 5.56 Å². The summed E-state index contributed by atoms with van der Waals surface area (Å²) in [5.41, 5.74) is 6.32. The molecule has 176 valence electrons. The summed E-state index contributed by atoms with van der Waals surface area (Å²) < 4.78 is 11.2.